The minimum atomic E-state index is -0.246. The molecule has 2 heterocycles. The summed E-state index contributed by atoms with van der Waals surface area (Å²) >= 11 is 1.47. The largest absolute Gasteiger partial charge is 0.337 e. The Hall–Kier alpha value is -1.21. The van der Waals surface area contributed by atoms with Crippen molar-refractivity contribution in [3.8, 4) is 0 Å². The Morgan fingerprint density at radius 1 is 1.31 bits per heavy atom. The lowest BCUT2D eigenvalue weighted by Crippen LogP contribution is -2.42. The fraction of sp³-hybridized carbons (Fsp3) is 0.444. The highest BCUT2D eigenvalue weighted by molar-refractivity contribution is 7.09. The van der Waals surface area contributed by atoms with Crippen LogP contribution in [0.15, 0.2) is 29.6 Å². The summed E-state index contributed by atoms with van der Waals surface area (Å²) in [4.78, 5) is 18.9. The van der Waals surface area contributed by atoms with Gasteiger partial charge >= 0.3 is 0 Å². The molecular formula is C18H24Cl2FN3OS. The van der Waals surface area contributed by atoms with E-state index >= 15 is 0 Å². The van der Waals surface area contributed by atoms with Gasteiger partial charge < -0.3 is 10.6 Å². The summed E-state index contributed by atoms with van der Waals surface area (Å²) in [5.74, 6) is 0.252. The third-order valence-electron chi connectivity index (χ3n) is 4.61. The van der Waals surface area contributed by atoms with Gasteiger partial charge in [0.2, 0.25) is 0 Å². The maximum absolute atomic E-state index is 12.9. The Kier molecular flexibility index (Phi) is 8.96. The van der Waals surface area contributed by atoms with Gasteiger partial charge in [-0.25, -0.2) is 9.37 Å². The number of hydrogen-bond acceptors (Lipinski definition) is 4. The lowest BCUT2D eigenvalue weighted by atomic mass is 9.91. The molecule has 3 rings (SSSR count). The summed E-state index contributed by atoms with van der Waals surface area (Å²) < 4.78 is 12.9. The first-order chi connectivity index (χ1) is 11.5. The molecule has 0 radical (unpaired) electrons. The van der Waals surface area contributed by atoms with E-state index in [4.69, 9.17) is 5.73 Å². The van der Waals surface area contributed by atoms with Crippen molar-refractivity contribution in [2.75, 3.05) is 13.1 Å². The molecule has 0 saturated carbocycles. The number of benzene rings is 1. The van der Waals surface area contributed by atoms with E-state index < -0.39 is 0 Å². The minimum absolute atomic E-state index is 0. The lowest BCUT2D eigenvalue weighted by Gasteiger charge is -2.33. The number of carbonyl (C=O) groups is 1. The molecule has 144 valence electrons. The van der Waals surface area contributed by atoms with Gasteiger partial charge in [-0.1, -0.05) is 12.1 Å². The van der Waals surface area contributed by atoms with E-state index in [1.54, 1.807) is 12.1 Å². The van der Waals surface area contributed by atoms with Crippen LogP contribution in [-0.2, 0) is 6.42 Å². The van der Waals surface area contributed by atoms with Gasteiger partial charge in [-0.3, -0.25) is 4.79 Å². The molecule has 1 amide bonds. The monoisotopic (exact) mass is 419 g/mol. The summed E-state index contributed by atoms with van der Waals surface area (Å²) in [7, 11) is 0. The molecular weight excluding hydrogens is 396 g/mol. The number of nitrogens with two attached hydrogens (primary N) is 1. The van der Waals surface area contributed by atoms with E-state index in [9.17, 15) is 9.18 Å². The first-order valence-electron chi connectivity index (χ1n) is 8.26. The molecule has 4 nitrogen and oxygen atoms in total. The molecule has 1 atom stereocenters. The quantitative estimate of drug-likeness (QED) is 0.816. The molecule has 1 fully saturated rings. The Morgan fingerprint density at radius 3 is 2.50 bits per heavy atom. The molecule has 0 aliphatic carbocycles. The molecule has 0 bridgehead atoms. The Labute approximate surface area is 169 Å². The second-order valence-corrected chi connectivity index (χ2v) is 7.36. The molecule has 0 spiro atoms. The predicted molar refractivity (Wildman–Crippen MR) is 108 cm³/mol. The summed E-state index contributed by atoms with van der Waals surface area (Å²) in [5, 5.41) is 2.69. The third kappa shape index (κ3) is 5.64. The fourth-order valence-corrected chi connectivity index (χ4v) is 3.86. The molecule has 1 aliphatic rings. The molecule has 1 aromatic carbocycles. The van der Waals surface area contributed by atoms with Gasteiger partial charge in [0, 0.05) is 30.9 Å². The number of halogens is 3. The summed E-state index contributed by atoms with van der Waals surface area (Å²) in [6, 6.07) is 6.56. The van der Waals surface area contributed by atoms with Crippen molar-refractivity contribution in [2.45, 2.75) is 32.2 Å². The van der Waals surface area contributed by atoms with Crippen LogP contribution in [0.25, 0.3) is 0 Å². The standard InChI is InChI=1S/C18H22FN3OS.2ClH/c1-12(20)14-6-8-22(9-7-14)18(23)16-11-24-17(21-16)10-13-2-4-15(19)5-3-13;;/h2-5,11-12,14H,6-10,20H2,1H3;2*1H. The van der Waals surface area contributed by atoms with Crippen molar-refractivity contribution >= 4 is 42.1 Å². The van der Waals surface area contributed by atoms with Gasteiger partial charge in [-0.05, 0) is 43.4 Å². The van der Waals surface area contributed by atoms with Crippen LogP contribution < -0.4 is 5.73 Å². The molecule has 8 heteroatoms. The molecule has 1 unspecified atom stereocenters. The first-order valence-corrected chi connectivity index (χ1v) is 9.14. The first kappa shape index (κ1) is 22.8. The molecule has 1 aliphatic heterocycles. The second-order valence-electron chi connectivity index (χ2n) is 6.42. The average molecular weight is 420 g/mol. The van der Waals surface area contributed by atoms with Gasteiger partial charge in [-0.15, -0.1) is 36.2 Å². The van der Waals surface area contributed by atoms with Crippen LogP contribution in [0.3, 0.4) is 0 Å². The van der Waals surface area contributed by atoms with E-state index in [1.165, 1.54) is 23.5 Å². The van der Waals surface area contributed by atoms with Crippen LogP contribution in [0.2, 0.25) is 0 Å². The smallest absolute Gasteiger partial charge is 0.273 e. The number of thiazole rings is 1. The van der Waals surface area contributed by atoms with Gasteiger partial charge in [-0.2, -0.15) is 0 Å². The summed E-state index contributed by atoms with van der Waals surface area (Å²) in [5.41, 5.74) is 7.45. The van der Waals surface area contributed by atoms with E-state index in [2.05, 4.69) is 4.98 Å². The Balaban J connectivity index is 0.00000169. The van der Waals surface area contributed by atoms with Crippen molar-refractivity contribution in [1.29, 1.82) is 0 Å². The van der Waals surface area contributed by atoms with Crippen molar-refractivity contribution in [1.82, 2.24) is 9.88 Å². The molecule has 26 heavy (non-hydrogen) atoms. The number of likely N-dealkylation sites (tertiary alicyclic amines) is 1. The van der Waals surface area contributed by atoms with Crippen molar-refractivity contribution in [3.63, 3.8) is 0 Å². The third-order valence-corrected chi connectivity index (χ3v) is 5.46. The number of hydrogen-bond donors (Lipinski definition) is 1. The van der Waals surface area contributed by atoms with Crippen LogP contribution in [0, 0.1) is 11.7 Å². The second kappa shape index (κ2) is 10.2. The highest BCUT2D eigenvalue weighted by Crippen LogP contribution is 2.22. The summed E-state index contributed by atoms with van der Waals surface area (Å²) in [6.45, 7) is 3.52. The van der Waals surface area contributed by atoms with Crippen LogP contribution >= 0.6 is 36.2 Å². The zero-order valence-electron chi connectivity index (χ0n) is 14.6. The molecule has 2 N–H and O–H groups in total. The van der Waals surface area contributed by atoms with Gasteiger partial charge in [0.1, 0.15) is 11.5 Å². The average Bonchev–Trinajstić information content (AvgIpc) is 3.05. The SMILES string of the molecule is CC(N)C1CCN(C(=O)c2csc(Cc3ccc(F)cc3)n2)CC1.Cl.Cl. The summed E-state index contributed by atoms with van der Waals surface area (Å²) in [6.07, 6.45) is 2.52. The predicted octanol–water partition coefficient (Wildman–Crippen LogP) is 3.92. The van der Waals surface area contributed by atoms with Crippen LogP contribution in [0.4, 0.5) is 4.39 Å². The van der Waals surface area contributed by atoms with Crippen LogP contribution in [-0.4, -0.2) is 34.9 Å². The zero-order chi connectivity index (χ0) is 17.1. The maximum Gasteiger partial charge on any atom is 0.273 e. The lowest BCUT2D eigenvalue weighted by molar-refractivity contribution is 0.0675. The van der Waals surface area contributed by atoms with Crippen molar-refractivity contribution in [2.24, 2.45) is 11.7 Å². The minimum Gasteiger partial charge on any atom is -0.337 e. The zero-order valence-corrected chi connectivity index (χ0v) is 17.0. The van der Waals surface area contributed by atoms with Crippen molar-refractivity contribution in [3.05, 3.63) is 51.7 Å². The fourth-order valence-electron chi connectivity index (χ4n) is 3.06. The highest BCUT2D eigenvalue weighted by atomic mass is 35.5. The number of amides is 1. The van der Waals surface area contributed by atoms with Gasteiger partial charge in [0.15, 0.2) is 0 Å². The van der Waals surface area contributed by atoms with E-state index in [1.807, 2.05) is 17.2 Å². The number of rotatable bonds is 4. The molecule has 1 saturated heterocycles. The van der Waals surface area contributed by atoms with E-state index in [-0.39, 0.29) is 42.6 Å². The van der Waals surface area contributed by atoms with Crippen LogP contribution in [0.1, 0.15) is 40.8 Å². The van der Waals surface area contributed by atoms with Crippen molar-refractivity contribution < 1.29 is 9.18 Å². The Morgan fingerprint density at radius 2 is 1.92 bits per heavy atom. The number of carbonyl (C=O) groups excluding carboxylic acids is 1. The maximum atomic E-state index is 12.9. The van der Waals surface area contributed by atoms with E-state index in [0.29, 0.717) is 18.0 Å². The molecule has 2 aromatic rings. The van der Waals surface area contributed by atoms with Crippen LogP contribution in [0.5, 0.6) is 0 Å². The highest BCUT2D eigenvalue weighted by Gasteiger charge is 2.26. The molecule has 1 aromatic heterocycles. The number of piperidine rings is 1. The number of aromatic nitrogens is 1. The van der Waals surface area contributed by atoms with Gasteiger partial charge in [0.05, 0.1) is 5.01 Å². The topological polar surface area (TPSA) is 59.2 Å². The van der Waals surface area contributed by atoms with Gasteiger partial charge in [0.25, 0.3) is 5.91 Å². The van der Waals surface area contributed by atoms with E-state index in [0.717, 1.165) is 36.5 Å². The number of nitrogens with zero attached hydrogens (tertiary/aromatic N) is 2. The Bertz CT molecular complexity index is 701. The normalized spacial score (nSPS) is 15.7.